The number of hydrogen-bond acceptors (Lipinski definition) is 3. The molecule has 5 rings (SSSR count). The third-order valence-corrected chi connectivity index (χ3v) is 7.03. The van der Waals surface area contributed by atoms with Gasteiger partial charge in [0.2, 0.25) is 5.88 Å². The van der Waals surface area contributed by atoms with Crippen LogP contribution in [0.1, 0.15) is 44.1 Å². The molecule has 1 heterocycles. The summed E-state index contributed by atoms with van der Waals surface area (Å²) in [5, 5.41) is 3.03. The molecule has 0 unspecified atom stereocenters. The van der Waals surface area contributed by atoms with Crippen molar-refractivity contribution in [2.45, 2.75) is 45.1 Å². The first-order valence-corrected chi connectivity index (χ1v) is 10.4. The molecule has 5 nitrogen and oxygen atoms in total. The third kappa shape index (κ3) is 3.57. The highest BCUT2D eigenvalue weighted by Gasteiger charge is 2.51. The number of methoxy groups -OCH3 is 1. The summed E-state index contributed by atoms with van der Waals surface area (Å²) < 4.78 is 6.17. The lowest BCUT2D eigenvalue weighted by Crippen LogP contribution is -2.52. The molecule has 4 aliphatic rings. The summed E-state index contributed by atoms with van der Waals surface area (Å²) >= 11 is 3.42. The van der Waals surface area contributed by atoms with Crippen molar-refractivity contribution in [1.29, 1.82) is 0 Å². The lowest BCUT2D eigenvalue weighted by Gasteiger charge is -2.57. The Balaban J connectivity index is 1.36. The molecule has 0 atom stereocenters. The van der Waals surface area contributed by atoms with Gasteiger partial charge in [0.15, 0.2) is 0 Å². The van der Waals surface area contributed by atoms with Crippen LogP contribution in [-0.2, 0) is 6.54 Å². The summed E-state index contributed by atoms with van der Waals surface area (Å²) in [6, 6.07) is 1.92. The molecule has 4 aliphatic carbocycles. The van der Waals surface area contributed by atoms with Crippen LogP contribution in [0.5, 0.6) is 5.88 Å². The topological polar surface area (TPSA) is 54.5 Å². The van der Waals surface area contributed by atoms with E-state index in [1.807, 2.05) is 18.0 Å². The van der Waals surface area contributed by atoms with Crippen LogP contribution in [0.4, 0.5) is 4.79 Å². The number of hydrogen-bond donors (Lipinski definition) is 1. The van der Waals surface area contributed by atoms with Crippen LogP contribution in [0.25, 0.3) is 0 Å². The van der Waals surface area contributed by atoms with Gasteiger partial charge in [-0.1, -0.05) is 0 Å². The van der Waals surface area contributed by atoms with Gasteiger partial charge in [-0.25, -0.2) is 9.78 Å². The molecule has 0 aromatic carbocycles. The number of ether oxygens (including phenoxy) is 1. The Hall–Kier alpha value is -1.30. The summed E-state index contributed by atoms with van der Waals surface area (Å²) in [5.41, 5.74) is 1.24. The molecule has 0 saturated heterocycles. The van der Waals surface area contributed by atoms with E-state index in [1.165, 1.54) is 38.5 Å². The maximum Gasteiger partial charge on any atom is 0.317 e. The largest absolute Gasteiger partial charge is 0.481 e. The van der Waals surface area contributed by atoms with Crippen molar-refractivity contribution in [3.8, 4) is 5.88 Å². The van der Waals surface area contributed by atoms with Crippen molar-refractivity contribution in [2.24, 2.45) is 23.2 Å². The second-order valence-corrected chi connectivity index (χ2v) is 9.67. The molecule has 2 amide bonds. The molecule has 1 aromatic rings. The zero-order valence-electron chi connectivity index (χ0n) is 15.6. The Morgan fingerprint density at radius 1 is 1.31 bits per heavy atom. The SMILES string of the molecule is COc1ncc(Br)cc1CNC(=O)N(C)CC12CC3CC(CC(C3)C1)C2. The van der Waals surface area contributed by atoms with Gasteiger partial charge in [-0.2, -0.15) is 0 Å². The van der Waals surface area contributed by atoms with E-state index in [0.717, 1.165) is 34.3 Å². The molecular formula is C20H28BrN3O2. The van der Waals surface area contributed by atoms with Crippen LogP contribution in [0.3, 0.4) is 0 Å². The molecule has 0 radical (unpaired) electrons. The lowest BCUT2D eigenvalue weighted by atomic mass is 9.49. The summed E-state index contributed by atoms with van der Waals surface area (Å²) in [4.78, 5) is 18.8. The Bertz CT molecular complexity index is 658. The molecule has 1 N–H and O–H groups in total. The number of pyridine rings is 1. The van der Waals surface area contributed by atoms with E-state index < -0.39 is 0 Å². The fourth-order valence-electron chi connectivity index (χ4n) is 6.14. The van der Waals surface area contributed by atoms with E-state index in [9.17, 15) is 4.79 Å². The van der Waals surface area contributed by atoms with E-state index in [0.29, 0.717) is 17.8 Å². The van der Waals surface area contributed by atoms with Gasteiger partial charge in [-0.15, -0.1) is 0 Å². The highest BCUT2D eigenvalue weighted by atomic mass is 79.9. The molecule has 6 heteroatoms. The van der Waals surface area contributed by atoms with Crippen LogP contribution in [0, 0.1) is 23.2 Å². The standard InChI is InChI=1S/C20H28BrN3O2/c1-24(12-20-7-13-3-14(8-20)5-15(4-13)9-20)19(25)23-10-16-6-17(21)11-22-18(16)26-2/h6,11,13-15H,3-5,7-10,12H2,1-2H3,(H,23,25). The Kier molecular flexibility index (Phi) is 4.88. The minimum absolute atomic E-state index is 0.0113. The number of nitrogens with one attached hydrogen (secondary N) is 1. The van der Waals surface area contributed by atoms with Gasteiger partial charge in [-0.3, -0.25) is 0 Å². The molecule has 26 heavy (non-hydrogen) atoms. The molecule has 1 aromatic heterocycles. The monoisotopic (exact) mass is 421 g/mol. The summed E-state index contributed by atoms with van der Waals surface area (Å²) in [5.74, 6) is 3.29. The molecule has 142 valence electrons. The van der Waals surface area contributed by atoms with E-state index in [-0.39, 0.29) is 6.03 Å². The minimum Gasteiger partial charge on any atom is -0.481 e. The molecule has 0 aliphatic heterocycles. The first kappa shape index (κ1) is 18.1. The van der Waals surface area contributed by atoms with Crippen molar-refractivity contribution >= 4 is 22.0 Å². The molecular weight excluding hydrogens is 394 g/mol. The van der Waals surface area contributed by atoms with Crippen molar-refractivity contribution in [3.63, 3.8) is 0 Å². The van der Waals surface area contributed by atoms with Crippen LogP contribution in [0.15, 0.2) is 16.7 Å². The van der Waals surface area contributed by atoms with Crippen molar-refractivity contribution in [3.05, 3.63) is 22.3 Å². The predicted octanol–water partition coefficient (Wildman–Crippen LogP) is 4.21. The lowest BCUT2D eigenvalue weighted by molar-refractivity contribution is -0.0616. The second kappa shape index (κ2) is 7.02. The maximum absolute atomic E-state index is 12.7. The van der Waals surface area contributed by atoms with Crippen LogP contribution in [-0.4, -0.2) is 36.6 Å². The average molecular weight is 422 g/mol. The number of carbonyl (C=O) groups excluding carboxylic acids is 1. The van der Waals surface area contributed by atoms with Gasteiger partial charge >= 0.3 is 6.03 Å². The molecule has 4 bridgehead atoms. The molecule has 0 spiro atoms. The van der Waals surface area contributed by atoms with Crippen molar-refractivity contribution < 1.29 is 9.53 Å². The average Bonchev–Trinajstić information content (AvgIpc) is 2.58. The number of nitrogens with zero attached hydrogens (tertiary/aromatic N) is 2. The summed E-state index contributed by atoms with van der Waals surface area (Å²) in [6.45, 7) is 1.30. The van der Waals surface area contributed by atoms with E-state index in [2.05, 4.69) is 26.2 Å². The van der Waals surface area contributed by atoms with Crippen LogP contribution >= 0.6 is 15.9 Å². The Morgan fingerprint density at radius 2 is 1.92 bits per heavy atom. The zero-order valence-corrected chi connectivity index (χ0v) is 17.2. The van der Waals surface area contributed by atoms with Gasteiger partial charge in [-0.05, 0) is 83.7 Å². The summed E-state index contributed by atoms with van der Waals surface area (Å²) in [7, 11) is 3.53. The van der Waals surface area contributed by atoms with Gasteiger partial charge in [0.05, 0.1) is 7.11 Å². The first-order valence-electron chi connectivity index (χ1n) is 9.64. The maximum atomic E-state index is 12.7. The van der Waals surface area contributed by atoms with Crippen molar-refractivity contribution in [1.82, 2.24) is 15.2 Å². The minimum atomic E-state index is -0.0113. The zero-order chi connectivity index (χ0) is 18.3. The van der Waals surface area contributed by atoms with E-state index in [1.54, 1.807) is 13.3 Å². The smallest absolute Gasteiger partial charge is 0.317 e. The fraction of sp³-hybridized carbons (Fsp3) is 0.700. The normalized spacial score (nSPS) is 31.7. The Morgan fingerprint density at radius 3 is 2.50 bits per heavy atom. The van der Waals surface area contributed by atoms with E-state index >= 15 is 0 Å². The van der Waals surface area contributed by atoms with Crippen molar-refractivity contribution in [2.75, 3.05) is 20.7 Å². The number of carbonyl (C=O) groups is 1. The van der Waals surface area contributed by atoms with Gasteiger partial charge < -0.3 is 15.0 Å². The van der Waals surface area contributed by atoms with Gasteiger partial charge in [0, 0.05) is 36.4 Å². The number of rotatable bonds is 5. The number of urea groups is 1. The highest BCUT2D eigenvalue weighted by Crippen LogP contribution is 2.60. The van der Waals surface area contributed by atoms with Gasteiger partial charge in [0.1, 0.15) is 0 Å². The Labute approximate surface area is 164 Å². The van der Waals surface area contributed by atoms with E-state index in [4.69, 9.17) is 4.74 Å². The fourth-order valence-corrected chi connectivity index (χ4v) is 6.52. The van der Waals surface area contributed by atoms with Gasteiger partial charge in [0.25, 0.3) is 0 Å². The van der Waals surface area contributed by atoms with Crippen LogP contribution < -0.4 is 10.1 Å². The predicted molar refractivity (Wildman–Crippen MR) is 104 cm³/mol. The molecule has 4 saturated carbocycles. The highest BCUT2D eigenvalue weighted by molar-refractivity contribution is 9.10. The number of halogens is 1. The number of aromatic nitrogens is 1. The summed E-state index contributed by atoms with van der Waals surface area (Å²) in [6.07, 6.45) is 9.96. The molecule has 4 fully saturated rings. The quantitative estimate of drug-likeness (QED) is 0.774. The number of amides is 2. The van der Waals surface area contributed by atoms with Crippen LogP contribution in [0.2, 0.25) is 0 Å². The first-order chi connectivity index (χ1) is 12.5. The second-order valence-electron chi connectivity index (χ2n) is 8.75. The third-order valence-electron chi connectivity index (χ3n) is 6.60.